The summed E-state index contributed by atoms with van der Waals surface area (Å²) in [6.07, 6.45) is 1.87. The minimum atomic E-state index is -0.499. The Balaban J connectivity index is 1.67. The Hall–Kier alpha value is -1.70. The molecule has 116 valence electrons. The summed E-state index contributed by atoms with van der Waals surface area (Å²) in [6.45, 7) is 0.497. The molecule has 1 saturated heterocycles. The number of nitrogens with zero attached hydrogens (tertiary/aromatic N) is 1. The lowest BCUT2D eigenvalue weighted by atomic mass is 10.0. The summed E-state index contributed by atoms with van der Waals surface area (Å²) in [5.74, 6) is -0.499. The zero-order valence-corrected chi connectivity index (χ0v) is 13.0. The SMILES string of the molecule is O=C(Nc1nccs1)N[C@@H]1CCO[C@@H]1c1ccc(Cl)c(F)c1. The van der Waals surface area contributed by atoms with Crippen molar-refractivity contribution in [3.63, 3.8) is 0 Å². The summed E-state index contributed by atoms with van der Waals surface area (Å²) in [5, 5.41) is 7.84. The summed E-state index contributed by atoms with van der Waals surface area (Å²) < 4.78 is 19.2. The lowest BCUT2D eigenvalue weighted by Gasteiger charge is -2.20. The van der Waals surface area contributed by atoms with Crippen LogP contribution in [0.1, 0.15) is 18.1 Å². The number of rotatable bonds is 3. The number of carbonyl (C=O) groups is 1. The van der Waals surface area contributed by atoms with Crippen LogP contribution in [0.15, 0.2) is 29.8 Å². The van der Waals surface area contributed by atoms with Gasteiger partial charge in [-0.05, 0) is 24.1 Å². The van der Waals surface area contributed by atoms with Gasteiger partial charge >= 0.3 is 6.03 Å². The Labute approximate surface area is 135 Å². The molecule has 3 rings (SSSR count). The molecule has 0 aliphatic carbocycles. The second-order valence-electron chi connectivity index (χ2n) is 4.80. The summed E-state index contributed by atoms with van der Waals surface area (Å²) in [6, 6.07) is 3.94. The number of carbonyl (C=O) groups excluding carboxylic acids is 1. The van der Waals surface area contributed by atoms with E-state index in [1.165, 1.54) is 23.5 Å². The summed E-state index contributed by atoms with van der Waals surface area (Å²) in [5.41, 5.74) is 0.652. The molecule has 2 N–H and O–H groups in total. The number of nitrogens with one attached hydrogen (secondary N) is 2. The molecule has 5 nitrogen and oxygen atoms in total. The number of halogens is 2. The molecule has 2 amide bonds. The first-order valence-electron chi connectivity index (χ1n) is 6.67. The summed E-state index contributed by atoms with van der Waals surface area (Å²) >= 11 is 7.02. The van der Waals surface area contributed by atoms with Gasteiger partial charge in [0.1, 0.15) is 11.9 Å². The highest BCUT2D eigenvalue weighted by Crippen LogP contribution is 2.31. The topological polar surface area (TPSA) is 63.2 Å². The van der Waals surface area contributed by atoms with Crippen molar-refractivity contribution in [2.24, 2.45) is 0 Å². The van der Waals surface area contributed by atoms with Crippen LogP contribution in [0, 0.1) is 5.82 Å². The molecule has 2 heterocycles. The lowest BCUT2D eigenvalue weighted by Crippen LogP contribution is -2.39. The molecule has 0 radical (unpaired) electrons. The molecular formula is C14H13ClFN3O2S. The fourth-order valence-corrected chi connectivity index (χ4v) is 2.98. The standard InChI is InChI=1S/C14H13ClFN3O2S/c15-9-2-1-8(7-10(9)16)12-11(3-5-21-12)18-13(20)19-14-17-4-6-22-14/h1-2,4,6-7,11-12H,3,5H2,(H2,17,18,19,20)/t11-,12-/m1/s1. The van der Waals surface area contributed by atoms with Crippen LogP contribution < -0.4 is 10.6 Å². The van der Waals surface area contributed by atoms with Crippen LogP contribution in [0.25, 0.3) is 0 Å². The highest BCUT2D eigenvalue weighted by atomic mass is 35.5. The Morgan fingerprint density at radius 2 is 2.36 bits per heavy atom. The molecule has 1 aliphatic heterocycles. The average molecular weight is 342 g/mol. The van der Waals surface area contributed by atoms with Gasteiger partial charge in [0.2, 0.25) is 0 Å². The van der Waals surface area contributed by atoms with Crippen LogP contribution >= 0.6 is 22.9 Å². The highest BCUT2D eigenvalue weighted by Gasteiger charge is 2.31. The highest BCUT2D eigenvalue weighted by molar-refractivity contribution is 7.13. The maximum Gasteiger partial charge on any atom is 0.321 e. The molecule has 0 saturated carbocycles. The second kappa shape index (κ2) is 6.60. The van der Waals surface area contributed by atoms with Gasteiger partial charge in [0, 0.05) is 18.2 Å². The number of ether oxygens (including phenoxy) is 1. The van der Waals surface area contributed by atoms with E-state index in [2.05, 4.69) is 15.6 Å². The first-order chi connectivity index (χ1) is 10.6. The van der Waals surface area contributed by atoms with E-state index in [1.807, 2.05) is 0 Å². The number of amides is 2. The van der Waals surface area contributed by atoms with Gasteiger partial charge in [-0.2, -0.15) is 0 Å². The van der Waals surface area contributed by atoms with Crippen molar-refractivity contribution in [2.75, 3.05) is 11.9 Å². The van der Waals surface area contributed by atoms with Gasteiger partial charge in [-0.3, -0.25) is 5.32 Å². The average Bonchev–Trinajstić information content (AvgIpc) is 3.13. The number of hydrogen-bond donors (Lipinski definition) is 2. The van der Waals surface area contributed by atoms with Crippen LogP contribution in [0.5, 0.6) is 0 Å². The van der Waals surface area contributed by atoms with E-state index in [0.717, 1.165) is 0 Å². The van der Waals surface area contributed by atoms with E-state index in [0.29, 0.717) is 23.7 Å². The third-order valence-electron chi connectivity index (χ3n) is 3.33. The van der Waals surface area contributed by atoms with Crippen LogP contribution in [0.2, 0.25) is 5.02 Å². The van der Waals surface area contributed by atoms with Gasteiger partial charge in [0.25, 0.3) is 0 Å². The minimum absolute atomic E-state index is 0.0627. The predicted octanol–water partition coefficient (Wildman–Crippen LogP) is 3.59. The first-order valence-corrected chi connectivity index (χ1v) is 7.93. The monoisotopic (exact) mass is 341 g/mol. The maximum atomic E-state index is 13.6. The van der Waals surface area contributed by atoms with Crippen molar-refractivity contribution in [1.29, 1.82) is 0 Å². The molecule has 22 heavy (non-hydrogen) atoms. The van der Waals surface area contributed by atoms with Crippen LogP contribution in [-0.4, -0.2) is 23.7 Å². The molecule has 1 aliphatic rings. The zero-order chi connectivity index (χ0) is 15.5. The third kappa shape index (κ3) is 3.37. The molecule has 1 aromatic carbocycles. The molecule has 0 bridgehead atoms. The van der Waals surface area contributed by atoms with Gasteiger partial charge in [0.05, 0.1) is 11.1 Å². The summed E-state index contributed by atoms with van der Waals surface area (Å²) in [7, 11) is 0. The van der Waals surface area contributed by atoms with Gasteiger partial charge in [-0.15, -0.1) is 11.3 Å². The van der Waals surface area contributed by atoms with Crippen molar-refractivity contribution < 1.29 is 13.9 Å². The quantitative estimate of drug-likeness (QED) is 0.896. The largest absolute Gasteiger partial charge is 0.371 e. The van der Waals surface area contributed by atoms with Crippen LogP contribution in [0.4, 0.5) is 14.3 Å². The molecule has 1 aromatic heterocycles. The molecular weight excluding hydrogens is 329 g/mol. The Kier molecular flexibility index (Phi) is 4.56. The third-order valence-corrected chi connectivity index (χ3v) is 4.33. The zero-order valence-electron chi connectivity index (χ0n) is 11.4. The van der Waals surface area contributed by atoms with E-state index in [-0.39, 0.29) is 17.1 Å². The Bertz CT molecular complexity index is 668. The molecule has 8 heteroatoms. The molecule has 2 aromatic rings. The van der Waals surface area contributed by atoms with Gasteiger partial charge in [0.15, 0.2) is 5.13 Å². The van der Waals surface area contributed by atoms with Crippen molar-refractivity contribution in [3.05, 3.63) is 46.2 Å². The number of thiazole rings is 1. The molecule has 2 atom stereocenters. The van der Waals surface area contributed by atoms with Crippen molar-refractivity contribution in [1.82, 2.24) is 10.3 Å². The molecule has 1 fully saturated rings. The molecule has 0 unspecified atom stereocenters. The fourth-order valence-electron chi connectivity index (χ4n) is 2.34. The van der Waals surface area contributed by atoms with E-state index < -0.39 is 11.9 Å². The smallest absolute Gasteiger partial charge is 0.321 e. The summed E-state index contributed by atoms with van der Waals surface area (Å²) in [4.78, 5) is 15.9. The number of hydrogen-bond acceptors (Lipinski definition) is 4. The van der Waals surface area contributed by atoms with E-state index in [9.17, 15) is 9.18 Å². The fraction of sp³-hybridized carbons (Fsp3) is 0.286. The van der Waals surface area contributed by atoms with Gasteiger partial charge in [-0.1, -0.05) is 17.7 Å². The number of aromatic nitrogens is 1. The molecule has 0 spiro atoms. The predicted molar refractivity (Wildman–Crippen MR) is 82.8 cm³/mol. The van der Waals surface area contributed by atoms with Crippen molar-refractivity contribution in [3.8, 4) is 0 Å². The van der Waals surface area contributed by atoms with Gasteiger partial charge in [-0.25, -0.2) is 14.2 Å². The first kappa shape index (κ1) is 15.2. The number of urea groups is 1. The normalized spacial score (nSPS) is 20.8. The van der Waals surface area contributed by atoms with Crippen molar-refractivity contribution >= 4 is 34.1 Å². The Morgan fingerprint density at radius 3 is 3.09 bits per heavy atom. The number of benzene rings is 1. The Morgan fingerprint density at radius 1 is 1.50 bits per heavy atom. The van der Waals surface area contributed by atoms with Crippen molar-refractivity contribution in [2.45, 2.75) is 18.6 Å². The van der Waals surface area contributed by atoms with Crippen LogP contribution in [0.3, 0.4) is 0 Å². The van der Waals surface area contributed by atoms with E-state index >= 15 is 0 Å². The van der Waals surface area contributed by atoms with Crippen LogP contribution in [-0.2, 0) is 4.74 Å². The maximum absolute atomic E-state index is 13.6. The number of anilines is 1. The van der Waals surface area contributed by atoms with Gasteiger partial charge < -0.3 is 10.1 Å². The minimum Gasteiger partial charge on any atom is -0.371 e. The van der Waals surface area contributed by atoms with E-state index in [4.69, 9.17) is 16.3 Å². The van der Waals surface area contributed by atoms with E-state index in [1.54, 1.807) is 17.6 Å². The lowest BCUT2D eigenvalue weighted by molar-refractivity contribution is 0.100. The second-order valence-corrected chi connectivity index (χ2v) is 6.10.